The lowest BCUT2D eigenvalue weighted by Crippen LogP contribution is -2.55. The van der Waals surface area contributed by atoms with Gasteiger partial charge in [0, 0.05) is 63.7 Å². The number of amides is 1. The number of sulfonamides is 1. The number of pyridine rings is 1. The Bertz CT molecular complexity index is 1400. The van der Waals surface area contributed by atoms with Gasteiger partial charge in [0.25, 0.3) is 0 Å². The van der Waals surface area contributed by atoms with Crippen molar-refractivity contribution in [2.75, 3.05) is 62.8 Å². The number of anilines is 3. The van der Waals surface area contributed by atoms with Gasteiger partial charge in [-0.1, -0.05) is 0 Å². The summed E-state index contributed by atoms with van der Waals surface area (Å²) in [5, 5.41) is 12.1. The zero-order valence-corrected chi connectivity index (χ0v) is 21.9. The van der Waals surface area contributed by atoms with Crippen molar-refractivity contribution in [1.82, 2.24) is 38.5 Å². The van der Waals surface area contributed by atoms with E-state index in [0.717, 1.165) is 44.7 Å². The quantitative estimate of drug-likeness (QED) is 0.473. The predicted molar refractivity (Wildman–Crippen MR) is 138 cm³/mol. The van der Waals surface area contributed by atoms with Crippen LogP contribution in [0.1, 0.15) is 12.8 Å². The van der Waals surface area contributed by atoms with Gasteiger partial charge in [-0.25, -0.2) is 12.9 Å². The summed E-state index contributed by atoms with van der Waals surface area (Å²) in [5.74, 6) is 0.485. The van der Waals surface area contributed by atoms with Gasteiger partial charge >= 0.3 is 0 Å². The smallest absolute Gasteiger partial charge is 0.247 e. The van der Waals surface area contributed by atoms with Crippen LogP contribution in [-0.2, 0) is 21.4 Å². The topological polar surface area (TPSA) is 124 Å². The minimum absolute atomic E-state index is 0.0195. The maximum atomic E-state index is 12.6. The molecule has 0 spiro atoms. The molecule has 3 aliphatic rings. The van der Waals surface area contributed by atoms with Crippen LogP contribution in [0.25, 0.3) is 5.65 Å². The zero-order chi connectivity index (χ0) is 25.7. The molecule has 14 heteroatoms. The summed E-state index contributed by atoms with van der Waals surface area (Å²) in [6.45, 7) is 4.69. The summed E-state index contributed by atoms with van der Waals surface area (Å²) < 4.78 is 29.6. The molecule has 3 aromatic heterocycles. The van der Waals surface area contributed by atoms with Crippen molar-refractivity contribution in [3.63, 3.8) is 0 Å². The summed E-state index contributed by atoms with van der Waals surface area (Å²) in [6.07, 6.45) is 8.33. The van der Waals surface area contributed by atoms with Crippen LogP contribution in [0.4, 0.5) is 17.3 Å². The predicted octanol–water partition coefficient (Wildman–Crippen LogP) is 0.0560. The van der Waals surface area contributed by atoms with Crippen molar-refractivity contribution in [2.45, 2.75) is 31.5 Å². The number of nitrogens with zero attached hydrogens (tertiary/aromatic N) is 9. The molecule has 1 amide bonds. The summed E-state index contributed by atoms with van der Waals surface area (Å²) in [7, 11) is -1.16. The second-order valence-electron chi connectivity index (χ2n) is 10.2. The molecular weight excluding hydrogens is 496 g/mol. The molecule has 13 nitrogen and oxygen atoms in total. The Balaban J connectivity index is 1.15. The number of carbonyl (C=O) groups excluding carboxylic acids is 1. The van der Waals surface area contributed by atoms with E-state index in [1.54, 1.807) is 25.9 Å². The first-order valence-corrected chi connectivity index (χ1v) is 14.4. The minimum atomic E-state index is -3.22. The Labute approximate surface area is 215 Å². The van der Waals surface area contributed by atoms with Crippen molar-refractivity contribution in [1.29, 1.82) is 0 Å². The van der Waals surface area contributed by atoms with E-state index in [1.807, 2.05) is 23.2 Å². The first-order chi connectivity index (χ1) is 17.7. The molecule has 3 fully saturated rings. The molecule has 3 aromatic rings. The molecule has 3 aliphatic heterocycles. The normalized spacial score (nSPS) is 23.2. The number of hydrogen-bond donors (Lipinski definition) is 1. The lowest BCUT2D eigenvalue weighted by atomic mass is 10.2. The molecule has 0 saturated carbocycles. The van der Waals surface area contributed by atoms with Crippen molar-refractivity contribution < 1.29 is 13.2 Å². The molecule has 3 saturated heterocycles. The number of nitrogens with one attached hydrogen (secondary N) is 1. The van der Waals surface area contributed by atoms with Gasteiger partial charge in [0.15, 0.2) is 5.65 Å². The van der Waals surface area contributed by atoms with Gasteiger partial charge in [-0.15, -0.1) is 5.10 Å². The molecule has 6 rings (SSSR count). The summed E-state index contributed by atoms with van der Waals surface area (Å²) in [4.78, 5) is 23.7. The first-order valence-electron chi connectivity index (χ1n) is 12.6. The number of aromatic nitrogens is 5. The third-order valence-electron chi connectivity index (χ3n) is 7.52. The van der Waals surface area contributed by atoms with Gasteiger partial charge in [-0.2, -0.15) is 14.4 Å². The molecule has 1 N–H and O–H groups in total. The third-order valence-corrected chi connectivity index (χ3v) is 8.89. The Morgan fingerprint density at radius 1 is 1.14 bits per heavy atom. The monoisotopic (exact) mass is 528 g/mol. The molecule has 2 atom stereocenters. The lowest BCUT2D eigenvalue weighted by Gasteiger charge is -2.40. The van der Waals surface area contributed by atoms with Crippen LogP contribution in [-0.4, -0.2) is 117 Å². The highest BCUT2D eigenvalue weighted by Gasteiger charge is 2.45. The Hall–Kier alpha value is -3.23. The molecule has 198 valence electrons. The fourth-order valence-electron chi connectivity index (χ4n) is 5.73. The lowest BCUT2D eigenvalue weighted by molar-refractivity contribution is -0.133. The van der Waals surface area contributed by atoms with Crippen LogP contribution in [0, 0.1) is 0 Å². The third kappa shape index (κ3) is 4.76. The van der Waals surface area contributed by atoms with E-state index in [1.165, 1.54) is 6.26 Å². The highest BCUT2D eigenvalue weighted by atomic mass is 32.2. The molecule has 0 aliphatic carbocycles. The summed E-state index contributed by atoms with van der Waals surface area (Å²) >= 11 is 0. The van der Waals surface area contributed by atoms with Crippen molar-refractivity contribution in [2.24, 2.45) is 0 Å². The minimum Gasteiger partial charge on any atom is -0.365 e. The maximum absolute atomic E-state index is 12.6. The highest BCUT2D eigenvalue weighted by molar-refractivity contribution is 7.88. The van der Waals surface area contributed by atoms with Gasteiger partial charge in [-0.3, -0.25) is 9.48 Å². The van der Waals surface area contributed by atoms with Gasteiger partial charge < -0.3 is 20.0 Å². The van der Waals surface area contributed by atoms with Gasteiger partial charge in [0.2, 0.25) is 21.9 Å². The number of fused-ring (bicyclic) bond motifs is 3. The molecule has 2 bridgehead atoms. The van der Waals surface area contributed by atoms with Gasteiger partial charge in [0.05, 0.1) is 23.8 Å². The van der Waals surface area contributed by atoms with E-state index >= 15 is 0 Å². The number of hydrogen-bond acceptors (Lipinski definition) is 9. The Kier molecular flexibility index (Phi) is 6.04. The number of rotatable bonds is 6. The van der Waals surface area contributed by atoms with Crippen LogP contribution in [0.5, 0.6) is 0 Å². The molecule has 0 aromatic carbocycles. The van der Waals surface area contributed by atoms with E-state index in [0.29, 0.717) is 30.4 Å². The standard InChI is InChI=1S/C23H32N10O3S/c1-28-8-10-29(11-9-28)21(34)16-31-13-17(12-24-31)25-23-26-22-20(4-3-7-32(22)27-23)30-14-18-5-6-19(15-30)33(18)37(2,35)36/h3-4,7,12-13,18-19H,5-6,8-11,14-16H2,1-2H3,(H,25,27). The van der Waals surface area contributed by atoms with E-state index < -0.39 is 10.0 Å². The van der Waals surface area contributed by atoms with Crippen LogP contribution in [0.15, 0.2) is 30.7 Å². The molecular formula is C23H32N10O3S. The van der Waals surface area contributed by atoms with Crippen molar-refractivity contribution in [3.05, 3.63) is 30.7 Å². The number of likely N-dealkylation sites (N-methyl/N-ethyl adjacent to an activating group) is 1. The maximum Gasteiger partial charge on any atom is 0.247 e. The first kappa shape index (κ1) is 24.1. The van der Waals surface area contributed by atoms with Crippen LogP contribution >= 0.6 is 0 Å². The molecule has 2 unspecified atom stereocenters. The Morgan fingerprint density at radius 2 is 1.86 bits per heavy atom. The van der Waals surface area contributed by atoms with E-state index in [9.17, 15) is 13.2 Å². The molecule has 6 heterocycles. The van der Waals surface area contributed by atoms with Gasteiger partial charge in [0.1, 0.15) is 6.54 Å². The highest BCUT2D eigenvalue weighted by Crippen LogP contribution is 2.35. The second-order valence-corrected chi connectivity index (χ2v) is 12.1. The van der Waals surface area contributed by atoms with Crippen molar-refractivity contribution >= 4 is 38.9 Å². The number of piperazine rings is 2. The average molecular weight is 529 g/mol. The molecule has 37 heavy (non-hydrogen) atoms. The van der Waals surface area contributed by atoms with Crippen LogP contribution < -0.4 is 10.2 Å². The molecule has 0 radical (unpaired) electrons. The largest absolute Gasteiger partial charge is 0.365 e. The Morgan fingerprint density at radius 3 is 2.57 bits per heavy atom. The van der Waals surface area contributed by atoms with Gasteiger partial charge in [-0.05, 0) is 32.0 Å². The van der Waals surface area contributed by atoms with E-state index in [-0.39, 0.29) is 24.5 Å². The fourth-order valence-corrected chi connectivity index (χ4v) is 7.16. The SMILES string of the molecule is CN1CCN(C(=O)Cn2cc(Nc3nc4c(N5CC6CCC(C5)N6S(C)(=O)=O)cccn4n3)cn2)CC1. The van der Waals surface area contributed by atoms with Crippen LogP contribution in [0.3, 0.4) is 0 Å². The average Bonchev–Trinajstić information content (AvgIpc) is 3.54. The fraction of sp³-hybridized carbons (Fsp3) is 0.565. The summed E-state index contributed by atoms with van der Waals surface area (Å²) in [5.41, 5.74) is 2.33. The van der Waals surface area contributed by atoms with E-state index in [4.69, 9.17) is 4.98 Å². The van der Waals surface area contributed by atoms with Crippen molar-refractivity contribution in [3.8, 4) is 0 Å². The zero-order valence-electron chi connectivity index (χ0n) is 21.1. The summed E-state index contributed by atoms with van der Waals surface area (Å²) in [6, 6.07) is 3.89. The second kappa shape index (κ2) is 9.26. The number of carbonyl (C=O) groups is 1. The van der Waals surface area contributed by atoms with Crippen LogP contribution in [0.2, 0.25) is 0 Å². The van der Waals surface area contributed by atoms with E-state index in [2.05, 4.69) is 32.4 Å².